The first-order chi connectivity index (χ1) is 41.8. The van der Waals surface area contributed by atoms with Crippen molar-refractivity contribution in [2.75, 3.05) is 76.2 Å². The molecule has 0 spiro atoms. The zero-order valence-corrected chi connectivity index (χ0v) is 52.8. The van der Waals surface area contributed by atoms with Gasteiger partial charge >= 0.3 is 6.18 Å². The van der Waals surface area contributed by atoms with Gasteiger partial charge in [0.05, 0.1) is 50.7 Å². The molecule has 0 radical (unpaired) electrons. The SMILES string of the molecule is Cc1ncsc1-c1ccc(CCC(=O)[C@@H]2C[C@@H](O)CN2C(=O)[C@@H](CC(=O)CCCCCCCCC(=O)NCCN2CCN(Cc3ccc(F)c(-c4ccc(N5C[C@@H](C)N(C)[C@@H](C)C5)c(NC(=O)c5c[nH]c(=O)cc5C(F)(F)F)c4)c3)CC2)C(C)(C)C)cc1. The monoisotopic (exact) mass is 1240 g/mol. The highest BCUT2D eigenvalue weighted by Gasteiger charge is 2.44. The van der Waals surface area contributed by atoms with Crippen LogP contribution < -0.4 is 21.1 Å². The van der Waals surface area contributed by atoms with Crippen LogP contribution in [0.3, 0.4) is 0 Å². The predicted octanol–water partition coefficient (Wildman–Crippen LogP) is 10.6. The Bertz CT molecular complexity index is 3270. The van der Waals surface area contributed by atoms with Crippen molar-refractivity contribution >= 4 is 52.0 Å². The van der Waals surface area contributed by atoms with Gasteiger partial charge in [0.2, 0.25) is 17.4 Å². The number of amides is 3. The topological polar surface area (TPSA) is 192 Å². The Morgan fingerprint density at radius 1 is 0.807 bits per heavy atom. The second-order valence-corrected chi connectivity index (χ2v) is 26.3. The van der Waals surface area contributed by atoms with Crippen molar-refractivity contribution in [1.82, 2.24) is 34.9 Å². The molecule has 5 aromatic rings. The number of ketones is 2. The average Bonchev–Trinajstić information content (AvgIpc) is 3.09. The van der Waals surface area contributed by atoms with Gasteiger partial charge in [-0.2, -0.15) is 13.2 Å². The number of carbonyl (C=O) groups excluding carboxylic acids is 5. The molecule has 476 valence electrons. The smallest absolute Gasteiger partial charge is 0.391 e. The Morgan fingerprint density at radius 3 is 2.11 bits per heavy atom. The number of aromatic nitrogens is 2. The largest absolute Gasteiger partial charge is 0.417 e. The number of aliphatic hydroxyl groups excluding tert-OH is 1. The van der Waals surface area contributed by atoms with E-state index < -0.39 is 58.1 Å². The maximum absolute atomic E-state index is 15.8. The van der Waals surface area contributed by atoms with Crippen LogP contribution in [-0.4, -0.2) is 154 Å². The number of alkyl halides is 3. The molecule has 3 amide bonds. The van der Waals surface area contributed by atoms with E-state index in [1.807, 2.05) is 64.5 Å². The van der Waals surface area contributed by atoms with Crippen LogP contribution in [0.2, 0.25) is 0 Å². The summed E-state index contributed by atoms with van der Waals surface area (Å²) in [5, 5.41) is 16.4. The van der Waals surface area contributed by atoms with Gasteiger partial charge in [-0.15, -0.1) is 11.3 Å². The van der Waals surface area contributed by atoms with Crippen molar-refractivity contribution in [1.29, 1.82) is 0 Å². The molecule has 5 heterocycles. The minimum atomic E-state index is -4.97. The van der Waals surface area contributed by atoms with E-state index >= 15 is 4.39 Å². The number of hydrogen-bond donors (Lipinski definition) is 4. The second-order valence-electron chi connectivity index (χ2n) is 25.5. The number of benzene rings is 3. The van der Waals surface area contributed by atoms with E-state index in [2.05, 4.69) is 54.0 Å². The van der Waals surface area contributed by atoms with Crippen molar-refractivity contribution in [3.63, 3.8) is 0 Å². The molecule has 3 saturated heterocycles. The Kier molecular flexibility index (Phi) is 23.1. The number of hydrogen-bond acceptors (Lipinski definition) is 13. The van der Waals surface area contributed by atoms with Crippen LogP contribution >= 0.6 is 11.3 Å². The van der Waals surface area contributed by atoms with E-state index in [4.69, 9.17) is 0 Å². The number of anilines is 2. The van der Waals surface area contributed by atoms with Crippen LogP contribution in [0, 0.1) is 24.1 Å². The zero-order chi connectivity index (χ0) is 63.5. The van der Waals surface area contributed by atoms with E-state index in [0.29, 0.717) is 75.7 Å². The highest BCUT2D eigenvalue weighted by atomic mass is 32.1. The predicted molar refractivity (Wildman–Crippen MR) is 337 cm³/mol. The fourth-order valence-corrected chi connectivity index (χ4v) is 13.1. The van der Waals surface area contributed by atoms with Crippen LogP contribution in [0.15, 0.2) is 83.2 Å². The maximum Gasteiger partial charge on any atom is 0.417 e. The third kappa shape index (κ3) is 18.0. The molecule has 0 saturated carbocycles. The number of β-amino-alcohol motifs (C(OH)–C–C–N with tert-alkyl or cyclic N) is 1. The van der Waals surface area contributed by atoms with E-state index in [9.17, 15) is 47.0 Å². The first-order valence-electron chi connectivity index (χ1n) is 31.1. The van der Waals surface area contributed by atoms with E-state index in [1.54, 1.807) is 41.7 Å². The number of aliphatic hydroxyl groups is 1. The Morgan fingerprint density at radius 2 is 1.45 bits per heavy atom. The Balaban J connectivity index is 0.720. The standard InChI is InChI=1S/C67H87F4N9O7S/c1-43-38-79(39-44(2)76(43)7)58-24-22-49(33-57(58)75-64(86)53-37-73-62(85)36-54(53)67(69,70)71)52-32-47(18-23-56(52)68)40-78-30-28-77(29-31-78)27-26-72-61(84)15-13-11-9-8-10-12-14-50(81)34-55(66(4,5)6)65(87)80-41-51(82)35-59(80)60(83)25-19-46-16-20-48(21-17-46)63-45(3)74-42-88-63/h16-18,20-24,32-33,36-37,42-44,51,55,59,82H,8-15,19,25-31,34-35,38-41H2,1-7H3,(H,72,84)(H,73,85)(H,75,86)/t43-,44+,51-,55-,59+/m1/s1. The summed E-state index contributed by atoms with van der Waals surface area (Å²) >= 11 is 1.59. The number of thiazole rings is 1. The van der Waals surface area contributed by atoms with Crippen molar-refractivity contribution < 1.29 is 46.6 Å². The number of pyridine rings is 1. The number of likely N-dealkylation sites (tertiary alicyclic amines) is 1. The van der Waals surface area contributed by atoms with Crippen molar-refractivity contribution in [3.8, 4) is 21.6 Å². The quantitative estimate of drug-likeness (QED) is 0.0303. The van der Waals surface area contributed by atoms with Gasteiger partial charge in [0.1, 0.15) is 11.6 Å². The van der Waals surface area contributed by atoms with Gasteiger partial charge in [-0.25, -0.2) is 9.37 Å². The van der Waals surface area contributed by atoms with E-state index in [0.717, 1.165) is 91.7 Å². The maximum atomic E-state index is 15.8. The third-order valence-electron chi connectivity index (χ3n) is 17.8. The number of aromatic amines is 1. The number of piperazine rings is 2. The normalized spacial score (nSPS) is 19.2. The molecule has 0 bridgehead atoms. The number of aryl methyl sites for hydroxylation is 2. The van der Waals surface area contributed by atoms with Crippen LogP contribution in [-0.2, 0) is 38.3 Å². The summed E-state index contributed by atoms with van der Waals surface area (Å²) in [5.41, 5.74) is 3.60. The number of carbonyl (C=O) groups is 5. The van der Waals surface area contributed by atoms with E-state index in [-0.39, 0.29) is 72.5 Å². The molecule has 2 aromatic heterocycles. The number of halogens is 4. The molecule has 3 aliphatic heterocycles. The summed E-state index contributed by atoms with van der Waals surface area (Å²) in [5.74, 6) is -2.49. The summed E-state index contributed by atoms with van der Waals surface area (Å²) in [6.45, 7) is 18.0. The number of nitrogens with one attached hydrogen (secondary N) is 3. The summed E-state index contributed by atoms with van der Waals surface area (Å²) in [6.07, 6.45) is 1.96. The van der Waals surface area contributed by atoms with Crippen molar-refractivity contribution in [2.45, 2.75) is 156 Å². The van der Waals surface area contributed by atoms with Crippen LogP contribution in [0.5, 0.6) is 0 Å². The highest BCUT2D eigenvalue weighted by molar-refractivity contribution is 7.13. The lowest BCUT2D eigenvalue weighted by Crippen LogP contribution is -2.55. The number of rotatable bonds is 26. The highest BCUT2D eigenvalue weighted by Crippen LogP contribution is 2.38. The molecule has 3 aromatic carbocycles. The van der Waals surface area contributed by atoms with Gasteiger partial charge in [0, 0.05) is 133 Å². The minimum Gasteiger partial charge on any atom is -0.391 e. The number of likely N-dealkylation sites (N-methyl/N-ethyl adjacent to an activating group) is 1. The molecule has 88 heavy (non-hydrogen) atoms. The van der Waals surface area contributed by atoms with Crippen molar-refractivity contribution in [3.05, 3.63) is 123 Å². The second kappa shape index (κ2) is 30.2. The average molecular weight is 1240 g/mol. The van der Waals surface area contributed by atoms with Gasteiger partial charge < -0.3 is 30.5 Å². The summed E-state index contributed by atoms with van der Waals surface area (Å²) in [6, 6.07) is 18.0. The number of H-pyrrole nitrogens is 1. The first-order valence-corrected chi connectivity index (χ1v) is 32.0. The molecule has 3 aliphatic rings. The molecular weight excluding hydrogens is 1150 g/mol. The number of Topliss-reactive ketones (excluding diaryl/α,β-unsaturated/α-hetero) is 2. The first kappa shape index (κ1) is 67.3. The summed E-state index contributed by atoms with van der Waals surface area (Å²) in [4.78, 5) is 97.5. The van der Waals surface area contributed by atoms with Gasteiger partial charge in [-0.05, 0) is 99.0 Å². The van der Waals surface area contributed by atoms with Gasteiger partial charge in [0.25, 0.3) is 5.91 Å². The third-order valence-corrected chi connectivity index (χ3v) is 18.8. The molecule has 21 heteroatoms. The van der Waals surface area contributed by atoms with Gasteiger partial charge in [-0.3, -0.25) is 43.5 Å². The molecule has 0 unspecified atom stereocenters. The lowest BCUT2D eigenvalue weighted by atomic mass is 9.76. The fourth-order valence-electron chi connectivity index (χ4n) is 12.3. The van der Waals surface area contributed by atoms with Crippen LogP contribution in [0.4, 0.5) is 28.9 Å². The zero-order valence-electron chi connectivity index (χ0n) is 51.9. The molecule has 16 nitrogen and oxygen atoms in total. The molecule has 4 N–H and O–H groups in total. The molecular formula is C67H87F4N9O7S. The fraction of sp³-hybridized carbons (Fsp3) is 0.537. The molecule has 8 rings (SSSR count). The van der Waals surface area contributed by atoms with Crippen molar-refractivity contribution in [2.24, 2.45) is 11.3 Å². The lowest BCUT2D eigenvalue weighted by molar-refractivity contribution is -0.145. The lowest BCUT2D eigenvalue weighted by Gasteiger charge is -2.44. The molecule has 5 atom stereocenters. The van der Waals surface area contributed by atoms with Crippen LogP contribution in [0.25, 0.3) is 21.6 Å². The Hall–Kier alpha value is -6.65. The summed E-state index contributed by atoms with van der Waals surface area (Å²) in [7, 11) is 2.02. The van der Waals surface area contributed by atoms with Gasteiger partial charge in [0.15, 0.2) is 5.78 Å². The Labute approximate surface area is 518 Å². The number of unbranched alkanes of at least 4 members (excludes halogenated alkanes) is 5. The summed E-state index contributed by atoms with van der Waals surface area (Å²) < 4.78 is 57.9. The van der Waals surface area contributed by atoms with Gasteiger partial charge in [-0.1, -0.05) is 82.9 Å². The minimum absolute atomic E-state index is 0.0135. The molecule has 3 fully saturated rings. The van der Waals surface area contributed by atoms with Crippen LogP contribution in [0.1, 0.15) is 138 Å². The van der Waals surface area contributed by atoms with E-state index in [1.165, 1.54) is 11.0 Å². The molecule has 0 aliphatic carbocycles. The number of nitrogens with zero attached hydrogens (tertiary/aromatic N) is 6.